The summed E-state index contributed by atoms with van der Waals surface area (Å²) in [5.74, 6) is -0.921. The molecule has 0 spiro atoms. The summed E-state index contributed by atoms with van der Waals surface area (Å²) in [7, 11) is 0. The molecule has 0 aliphatic carbocycles. The van der Waals surface area contributed by atoms with Gasteiger partial charge < -0.3 is 5.73 Å². The standard InChI is InChI=1S/C14H13F4N3/c1-3-11-7(2)12(19)21-13(20-11)9-6-8(15)4-5-10(9)14(16,17)18/h4-6H,3H2,1-2H3,(H2,19,20,21). The van der Waals surface area contributed by atoms with Crippen molar-refractivity contribution < 1.29 is 17.6 Å². The average molecular weight is 299 g/mol. The zero-order chi connectivity index (χ0) is 15.8. The smallest absolute Gasteiger partial charge is 0.383 e. The number of aromatic nitrogens is 2. The fourth-order valence-corrected chi connectivity index (χ4v) is 2.00. The molecular formula is C14H13F4N3. The maximum Gasteiger partial charge on any atom is 0.417 e. The monoisotopic (exact) mass is 299 g/mol. The van der Waals surface area contributed by atoms with E-state index in [-0.39, 0.29) is 11.6 Å². The van der Waals surface area contributed by atoms with Gasteiger partial charge in [-0.3, -0.25) is 0 Å². The summed E-state index contributed by atoms with van der Waals surface area (Å²) in [4.78, 5) is 7.95. The maximum absolute atomic E-state index is 13.3. The van der Waals surface area contributed by atoms with E-state index in [1.165, 1.54) is 0 Å². The third kappa shape index (κ3) is 2.96. The zero-order valence-corrected chi connectivity index (χ0v) is 11.4. The van der Waals surface area contributed by atoms with E-state index in [2.05, 4.69) is 9.97 Å². The average Bonchev–Trinajstić information content (AvgIpc) is 2.40. The van der Waals surface area contributed by atoms with Crippen molar-refractivity contribution in [3.8, 4) is 11.4 Å². The number of aryl methyl sites for hydroxylation is 1. The lowest BCUT2D eigenvalue weighted by atomic mass is 10.1. The summed E-state index contributed by atoms with van der Waals surface area (Å²) < 4.78 is 52.4. The highest BCUT2D eigenvalue weighted by molar-refractivity contribution is 5.63. The van der Waals surface area contributed by atoms with Crippen LogP contribution in [0.4, 0.5) is 23.4 Å². The molecule has 21 heavy (non-hydrogen) atoms. The highest BCUT2D eigenvalue weighted by Gasteiger charge is 2.34. The van der Waals surface area contributed by atoms with Gasteiger partial charge in [0.2, 0.25) is 0 Å². The van der Waals surface area contributed by atoms with Crippen LogP contribution >= 0.6 is 0 Å². The lowest BCUT2D eigenvalue weighted by Gasteiger charge is -2.14. The molecule has 0 unspecified atom stereocenters. The number of benzene rings is 1. The number of nitrogens with zero attached hydrogens (tertiary/aromatic N) is 2. The molecule has 112 valence electrons. The lowest BCUT2D eigenvalue weighted by Crippen LogP contribution is -2.10. The minimum atomic E-state index is -4.63. The van der Waals surface area contributed by atoms with Crippen LogP contribution in [-0.2, 0) is 12.6 Å². The summed E-state index contributed by atoms with van der Waals surface area (Å²) in [5.41, 5.74) is 5.45. The topological polar surface area (TPSA) is 51.8 Å². The fraction of sp³-hybridized carbons (Fsp3) is 0.286. The largest absolute Gasteiger partial charge is 0.417 e. The van der Waals surface area contributed by atoms with Crippen LogP contribution in [0.2, 0.25) is 0 Å². The van der Waals surface area contributed by atoms with Crippen molar-refractivity contribution in [3.63, 3.8) is 0 Å². The number of nitrogens with two attached hydrogens (primary N) is 1. The van der Waals surface area contributed by atoms with Crippen LogP contribution < -0.4 is 5.73 Å². The second-order valence-electron chi connectivity index (χ2n) is 4.55. The SMILES string of the molecule is CCc1nc(-c2cc(F)ccc2C(F)(F)F)nc(N)c1C. The van der Waals surface area contributed by atoms with Crippen molar-refractivity contribution in [2.24, 2.45) is 0 Å². The van der Waals surface area contributed by atoms with E-state index in [1.807, 2.05) is 0 Å². The van der Waals surface area contributed by atoms with E-state index in [1.54, 1.807) is 13.8 Å². The predicted octanol–water partition coefficient (Wildman–Crippen LogP) is 3.75. The predicted molar refractivity (Wildman–Crippen MR) is 71.0 cm³/mol. The molecule has 0 aliphatic heterocycles. The number of hydrogen-bond donors (Lipinski definition) is 1. The minimum Gasteiger partial charge on any atom is -0.383 e. The summed E-state index contributed by atoms with van der Waals surface area (Å²) in [6, 6.07) is 2.20. The van der Waals surface area contributed by atoms with Gasteiger partial charge in [-0.05, 0) is 31.5 Å². The molecule has 7 heteroatoms. The fourth-order valence-electron chi connectivity index (χ4n) is 2.00. The number of nitrogen functional groups attached to an aromatic ring is 1. The molecule has 0 radical (unpaired) electrons. The van der Waals surface area contributed by atoms with Crippen molar-refractivity contribution in [1.82, 2.24) is 9.97 Å². The van der Waals surface area contributed by atoms with E-state index in [0.29, 0.717) is 23.7 Å². The highest BCUT2D eigenvalue weighted by atomic mass is 19.4. The Hall–Kier alpha value is -2.18. The molecule has 1 aromatic heterocycles. The molecule has 1 aromatic carbocycles. The first-order valence-electron chi connectivity index (χ1n) is 6.24. The molecule has 0 amide bonds. The van der Waals surface area contributed by atoms with Crippen LogP contribution in [0, 0.1) is 12.7 Å². The Morgan fingerprint density at radius 2 is 1.86 bits per heavy atom. The van der Waals surface area contributed by atoms with Crippen LogP contribution in [-0.4, -0.2) is 9.97 Å². The van der Waals surface area contributed by atoms with Crippen LogP contribution in [0.25, 0.3) is 11.4 Å². The molecular weight excluding hydrogens is 286 g/mol. The number of alkyl halides is 3. The molecule has 0 fully saturated rings. The molecule has 3 nitrogen and oxygen atoms in total. The Kier molecular flexibility index (Phi) is 3.85. The molecule has 2 N–H and O–H groups in total. The van der Waals surface area contributed by atoms with E-state index in [9.17, 15) is 17.6 Å². The molecule has 2 aromatic rings. The third-order valence-corrected chi connectivity index (χ3v) is 3.15. The quantitative estimate of drug-likeness (QED) is 0.859. The summed E-state index contributed by atoms with van der Waals surface area (Å²) in [6.07, 6.45) is -4.14. The molecule has 0 atom stereocenters. The van der Waals surface area contributed by atoms with Gasteiger partial charge in [-0.1, -0.05) is 6.92 Å². The summed E-state index contributed by atoms with van der Waals surface area (Å²) in [5, 5.41) is 0. The van der Waals surface area contributed by atoms with Gasteiger partial charge in [-0.25, -0.2) is 14.4 Å². The second-order valence-corrected chi connectivity index (χ2v) is 4.55. The van der Waals surface area contributed by atoms with Gasteiger partial charge in [-0.2, -0.15) is 13.2 Å². The number of rotatable bonds is 2. The van der Waals surface area contributed by atoms with E-state index in [0.717, 1.165) is 12.1 Å². The minimum absolute atomic E-state index is 0.0919. The van der Waals surface area contributed by atoms with Crippen molar-refractivity contribution in [2.45, 2.75) is 26.4 Å². The number of anilines is 1. The Bertz CT molecular complexity index is 681. The third-order valence-electron chi connectivity index (χ3n) is 3.15. The molecule has 0 saturated carbocycles. The first-order chi connectivity index (χ1) is 9.74. The van der Waals surface area contributed by atoms with Gasteiger partial charge in [0.05, 0.1) is 5.56 Å². The van der Waals surface area contributed by atoms with E-state index < -0.39 is 23.1 Å². The summed E-state index contributed by atoms with van der Waals surface area (Å²) >= 11 is 0. The van der Waals surface area contributed by atoms with Crippen LogP contribution in [0.1, 0.15) is 23.7 Å². The lowest BCUT2D eigenvalue weighted by molar-refractivity contribution is -0.137. The normalized spacial score (nSPS) is 11.7. The van der Waals surface area contributed by atoms with Gasteiger partial charge in [-0.15, -0.1) is 0 Å². The maximum atomic E-state index is 13.3. The van der Waals surface area contributed by atoms with E-state index >= 15 is 0 Å². The van der Waals surface area contributed by atoms with Gasteiger partial charge in [0.15, 0.2) is 5.82 Å². The van der Waals surface area contributed by atoms with Crippen molar-refractivity contribution >= 4 is 5.82 Å². The molecule has 0 aliphatic rings. The Morgan fingerprint density at radius 3 is 2.43 bits per heavy atom. The Morgan fingerprint density at radius 1 is 1.19 bits per heavy atom. The van der Waals surface area contributed by atoms with Crippen LogP contribution in [0.15, 0.2) is 18.2 Å². The number of halogens is 4. The summed E-state index contributed by atoms with van der Waals surface area (Å²) in [6.45, 7) is 3.49. The Balaban J connectivity index is 2.72. The van der Waals surface area contributed by atoms with Crippen molar-refractivity contribution in [2.75, 3.05) is 5.73 Å². The Labute approximate surface area is 118 Å². The molecule has 0 saturated heterocycles. The van der Waals surface area contributed by atoms with E-state index in [4.69, 9.17) is 5.73 Å². The highest BCUT2D eigenvalue weighted by Crippen LogP contribution is 2.36. The first-order valence-corrected chi connectivity index (χ1v) is 6.24. The van der Waals surface area contributed by atoms with Gasteiger partial charge in [0.1, 0.15) is 11.6 Å². The van der Waals surface area contributed by atoms with Gasteiger partial charge in [0, 0.05) is 16.8 Å². The van der Waals surface area contributed by atoms with Crippen molar-refractivity contribution in [1.29, 1.82) is 0 Å². The number of hydrogen-bond acceptors (Lipinski definition) is 3. The second kappa shape index (κ2) is 5.31. The van der Waals surface area contributed by atoms with Crippen LogP contribution in [0.5, 0.6) is 0 Å². The molecule has 0 bridgehead atoms. The van der Waals surface area contributed by atoms with Crippen molar-refractivity contribution in [3.05, 3.63) is 40.8 Å². The first kappa shape index (κ1) is 15.2. The van der Waals surface area contributed by atoms with Gasteiger partial charge in [0.25, 0.3) is 0 Å². The molecule has 1 heterocycles. The van der Waals surface area contributed by atoms with Gasteiger partial charge >= 0.3 is 6.18 Å². The zero-order valence-electron chi connectivity index (χ0n) is 11.4. The van der Waals surface area contributed by atoms with Crippen LogP contribution in [0.3, 0.4) is 0 Å². The molecule has 2 rings (SSSR count).